The largest absolute Gasteiger partial charge is 0.460 e. The first-order valence-electron chi connectivity index (χ1n) is 3.59. The van der Waals surface area contributed by atoms with Gasteiger partial charge in [0.2, 0.25) is 0 Å². The van der Waals surface area contributed by atoms with E-state index in [4.69, 9.17) is 4.74 Å². The van der Waals surface area contributed by atoms with E-state index in [2.05, 4.69) is 31.9 Å². The van der Waals surface area contributed by atoms with Crippen molar-refractivity contribution in [2.45, 2.75) is 29.6 Å². The summed E-state index contributed by atoms with van der Waals surface area (Å²) in [6, 6.07) is 0. The van der Waals surface area contributed by atoms with E-state index in [0.717, 1.165) is 6.42 Å². The molecule has 2 nitrogen and oxygen atoms in total. The highest BCUT2D eigenvalue weighted by Crippen LogP contribution is 2.44. The van der Waals surface area contributed by atoms with E-state index in [1.807, 2.05) is 13.8 Å². The van der Waals surface area contributed by atoms with Gasteiger partial charge in [-0.25, -0.2) is 4.79 Å². The van der Waals surface area contributed by atoms with Gasteiger partial charge in [-0.15, -0.1) is 0 Å². The standard InChI is InChI=1S/C7H10Br2O2/c1-3-5-4(2)7(8,9)6(10)11-5/h4-5H,3H2,1-2H3/t4-,5-/m1/s1. The first kappa shape index (κ1) is 9.52. The van der Waals surface area contributed by atoms with Gasteiger partial charge >= 0.3 is 5.97 Å². The van der Waals surface area contributed by atoms with E-state index in [-0.39, 0.29) is 18.0 Å². The van der Waals surface area contributed by atoms with Crippen molar-refractivity contribution in [2.24, 2.45) is 5.92 Å². The van der Waals surface area contributed by atoms with Crippen molar-refractivity contribution in [1.29, 1.82) is 0 Å². The van der Waals surface area contributed by atoms with Crippen LogP contribution in [-0.4, -0.2) is 15.3 Å². The Morgan fingerprint density at radius 2 is 2.18 bits per heavy atom. The maximum absolute atomic E-state index is 11.2. The van der Waals surface area contributed by atoms with Crippen molar-refractivity contribution in [3.8, 4) is 0 Å². The summed E-state index contributed by atoms with van der Waals surface area (Å²) in [6.07, 6.45) is 0.910. The highest BCUT2D eigenvalue weighted by atomic mass is 79.9. The third-order valence-electron chi connectivity index (χ3n) is 2.06. The van der Waals surface area contributed by atoms with Gasteiger partial charge in [-0.2, -0.15) is 0 Å². The topological polar surface area (TPSA) is 26.3 Å². The van der Waals surface area contributed by atoms with Gasteiger partial charge in [0.05, 0.1) is 0 Å². The minimum atomic E-state index is -0.652. The number of esters is 1. The van der Waals surface area contributed by atoms with Crippen LogP contribution in [0.2, 0.25) is 0 Å². The summed E-state index contributed by atoms with van der Waals surface area (Å²) < 4.78 is 4.45. The summed E-state index contributed by atoms with van der Waals surface area (Å²) in [5.74, 6) is -0.0307. The molecule has 1 rings (SSSR count). The molecule has 0 aromatic carbocycles. The molecule has 4 heteroatoms. The molecule has 0 aromatic rings. The average Bonchev–Trinajstić information content (AvgIpc) is 2.14. The first-order chi connectivity index (χ1) is 5.00. The molecule has 0 amide bonds. The SMILES string of the molecule is CC[C@H]1OC(=O)C(Br)(Br)[C@@H]1C. The van der Waals surface area contributed by atoms with Crippen LogP contribution >= 0.6 is 31.9 Å². The van der Waals surface area contributed by atoms with E-state index in [0.29, 0.717) is 0 Å². The third kappa shape index (κ3) is 1.47. The van der Waals surface area contributed by atoms with Gasteiger partial charge in [-0.05, 0) is 6.42 Å². The van der Waals surface area contributed by atoms with Gasteiger partial charge in [0.25, 0.3) is 0 Å². The number of cyclic esters (lactones) is 1. The zero-order chi connectivity index (χ0) is 8.65. The van der Waals surface area contributed by atoms with E-state index in [1.54, 1.807) is 0 Å². The number of halogens is 2. The molecule has 0 radical (unpaired) electrons. The number of alkyl halides is 2. The molecule has 1 aliphatic rings. The molecule has 64 valence electrons. The number of rotatable bonds is 1. The smallest absolute Gasteiger partial charge is 0.334 e. The molecule has 2 atom stereocenters. The van der Waals surface area contributed by atoms with E-state index in [1.165, 1.54) is 0 Å². The molecule has 0 unspecified atom stereocenters. The summed E-state index contributed by atoms with van der Waals surface area (Å²) in [5, 5.41) is 0. The van der Waals surface area contributed by atoms with Crippen LogP contribution in [0.25, 0.3) is 0 Å². The van der Waals surface area contributed by atoms with Crippen LogP contribution in [0.15, 0.2) is 0 Å². The predicted molar refractivity (Wildman–Crippen MR) is 49.9 cm³/mol. The highest BCUT2D eigenvalue weighted by Gasteiger charge is 2.51. The molecule has 1 aliphatic heterocycles. The third-order valence-corrected chi connectivity index (χ3v) is 4.15. The second-order valence-electron chi connectivity index (χ2n) is 2.76. The quantitative estimate of drug-likeness (QED) is 0.546. The van der Waals surface area contributed by atoms with Gasteiger partial charge in [-0.1, -0.05) is 45.7 Å². The molecule has 11 heavy (non-hydrogen) atoms. The molecule has 1 heterocycles. The molecule has 0 saturated carbocycles. The monoisotopic (exact) mass is 284 g/mol. The van der Waals surface area contributed by atoms with Gasteiger partial charge in [0.1, 0.15) is 6.10 Å². The van der Waals surface area contributed by atoms with Crippen LogP contribution in [0.4, 0.5) is 0 Å². The normalized spacial score (nSPS) is 35.5. The Labute approximate surface area is 82.9 Å². The Bertz CT molecular complexity index is 179. The number of hydrogen-bond donors (Lipinski definition) is 0. The lowest BCUT2D eigenvalue weighted by Gasteiger charge is -2.15. The summed E-state index contributed by atoms with van der Waals surface area (Å²) in [4.78, 5) is 11.2. The molecular formula is C7H10Br2O2. The van der Waals surface area contributed by atoms with E-state index >= 15 is 0 Å². The predicted octanol–water partition coefficient (Wildman–Crippen LogP) is 2.44. The van der Waals surface area contributed by atoms with Crippen LogP contribution in [0.5, 0.6) is 0 Å². The van der Waals surface area contributed by atoms with Crippen LogP contribution in [0, 0.1) is 5.92 Å². The Balaban J connectivity index is 2.80. The van der Waals surface area contributed by atoms with Gasteiger partial charge in [-0.3, -0.25) is 0 Å². The van der Waals surface area contributed by atoms with Crippen molar-refractivity contribution >= 4 is 37.8 Å². The zero-order valence-electron chi connectivity index (χ0n) is 6.43. The summed E-state index contributed by atoms with van der Waals surface area (Å²) in [5.41, 5.74) is 0. The molecule has 0 aromatic heterocycles. The molecular weight excluding hydrogens is 276 g/mol. The minimum absolute atomic E-state index is 0.0428. The Morgan fingerprint density at radius 1 is 1.64 bits per heavy atom. The van der Waals surface area contributed by atoms with Crippen LogP contribution < -0.4 is 0 Å². The molecule has 0 spiro atoms. The van der Waals surface area contributed by atoms with Crippen LogP contribution in [0.1, 0.15) is 20.3 Å². The molecule has 1 fully saturated rings. The van der Waals surface area contributed by atoms with Crippen molar-refractivity contribution < 1.29 is 9.53 Å². The Hall–Kier alpha value is 0.430. The Morgan fingerprint density at radius 3 is 2.36 bits per heavy atom. The number of ether oxygens (including phenoxy) is 1. The lowest BCUT2D eigenvalue weighted by atomic mass is 10.0. The van der Waals surface area contributed by atoms with Crippen molar-refractivity contribution in [3.05, 3.63) is 0 Å². The summed E-state index contributed by atoms with van der Waals surface area (Å²) in [6.45, 7) is 4.00. The summed E-state index contributed by atoms with van der Waals surface area (Å²) >= 11 is 6.59. The fourth-order valence-corrected chi connectivity index (χ4v) is 1.95. The fourth-order valence-electron chi connectivity index (χ4n) is 1.17. The number of hydrogen-bond acceptors (Lipinski definition) is 2. The van der Waals surface area contributed by atoms with Gasteiger partial charge in [0.15, 0.2) is 3.23 Å². The van der Waals surface area contributed by atoms with Crippen LogP contribution in [-0.2, 0) is 9.53 Å². The Kier molecular flexibility index (Phi) is 2.64. The van der Waals surface area contributed by atoms with E-state index < -0.39 is 3.23 Å². The second kappa shape index (κ2) is 3.05. The molecule has 0 N–H and O–H groups in total. The lowest BCUT2D eigenvalue weighted by Crippen LogP contribution is -2.26. The minimum Gasteiger partial charge on any atom is -0.460 e. The van der Waals surface area contributed by atoms with Gasteiger partial charge in [0, 0.05) is 5.92 Å². The highest BCUT2D eigenvalue weighted by molar-refractivity contribution is 9.25. The number of carbonyl (C=O) groups is 1. The first-order valence-corrected chi connectivity index (χ1v) is 5.17. The van der Waals surface area contributed by atoms with Gasteiger partial charge < -0.3 is 4.74 Å². The zero-order valence-corrected chi connectivity index (χ0v) is 9.61. The fraction of sp³-hybridized carbons (Fsp3) is 0.857. The van der Waals surface area contributed by atoms with Crippen LogP contribution in [0.3, 0.4) is 0 Å². The second-order valence-corrected chi connectivity index (χ2v) is 6.33. The molecule has 0 bridgehead atoms. The molecule has 0 aliphatic carbocycles. The lowest BCUT2D eigenvalue weighted by molar-refractivity contribution is -0.141. The van der Waals surface area contributed by atoms with Crippen molar-refractivity contribution in [3.63, 3.8) is 0 Å². The van der Waals surface area contributed by atoms with E-state index in [9.17, 15) is 4.79 Å². The molecule has 1 saturated heterocycles. The van der Waals surface area contributed by atoms with Crippen molar-refractivity contribution in [2.75, 3.05) is 0 Å². The average molecular weight is 286 g/mol. The summed E-state index contributed by atoms with van der Waals surface area (Å²) in [7, 11) is 0. The number of carbonyl (C=O) groups excluding carboxylic acids is 1. The maximum Gasteiger partial charge on any atom is 0.334 e. The maximum atomic E-state index is 11.2. The van der Waals surface area contributed by atoms with Crippen molar-refractivity contribution in [1.82, 2.24) is 0 Å².